The predicted molar refractivity (Wildman–Crippen MR) is 126 cm³/mol. The number of hydrogen-bond acceptors (Lipinski definition) is 3. The van der Waals surface area contributed by atoms with Gasteiger partial charge >= 0.3 is 6.09 Å². The number of carbonyl (C=O) groups excluding carboxylic acids is 2. The van der Waals surface area contributed by atoms with Crippen LogP contribution in [0.3, 0.4) is 0 Å². The molecule has 35 heavy (non-hydrogen) atoms. The summed E-state index contributed by atoms with van der Waals surface area (Å²) in [6.45, 7) is 5.43. The number of aromatic amines is 1. The summed E-state index contributed by atoms with van der Waals surface area (Å²) in [7, 11) is 0. The molecule has 2 amide bonds. The third-order valence-corrected chi connectivity index (χ3v) is 6.02. The highest BCUT2D eigenvalue weighted by atomic mass is 19.1. The molecule has 0 aliphatic heterocycles. The Morgan fingerprint density at radius 2 is 1.71 bits per heavy atom. The van der Waals surface area contributed by atoms with Crippen molar-refractivity contribution in [3.8, 4) is 11.3 Å². The number of aromatic nitrogens is 1. The molecule has 1 saturated carbocycles. The van der Waals surface area contributed by atoms with Crippen molar-refractivity contribution in [3.63, 3.8) is 0 Å². The molecule has 4 rings (SSSR count). The molecular formula is C26H28F3N3O3. The maximum Gasteiger partial charge on any atom is 0.408 e. The summed E-state index contributed by atoms with van der Waals surface area (Å²) in [6.07, 6.45) is 0.751. The number of alkyl carbamates (subject to hydrolysis) is 1. The fourth-order valence-corrected chi connectivity index (χ4v) is 4.43. The van der Waals surface area contributed by atoms with Crippen LogP contribution >= 0.6 is 0 Å². The molecule has 0 bridgehead atoms. The van der Waals surface area contributed by atoms with Crippen molar-refractivity contribution >= 4 is 22.9 Å². The number of carbonyl (C=O) groups is 2. The van der Waals surface area contributed by atoms with Crippen molar-refractivity contribution < 1.29 is 27.5 Å². The van der Waals surface area contributed by atoms with Crippen LogP contribution in [0.2, 0.25) is 0 Å². The van der Waals surface area contributed by atoms with Crippen LogP contribution in [0.25, 0.3) is 22.2 Å². The lowest BCUT2D eigenvalue weighted by atomic mass is 9.70. The van der Waals surface area contributed by atoms with Crippen LogP contribution in [-0.4, -0.2) is 35.7 Å². The van der Waals surface area contributed by atoms with Crippen LogP contribution in [0.5, 0.6) is 0 Å². The molecule has 1 aliphatic carbocycles. The Morgan fingerprint density at radius 3 is 2.37 bits per heavy atom. The van der Waals surface area contributed by atoms with E-state index in [-0.39, 0.29) is 35.6 Å². The molecule has 1 heterocycles. The second kappa shape index (κ2) is 9.64. The topological polar surface area (TPSA) is 83.2 Å². The van der Waals surface area contributed by atoms with E-state index in [2.05, 4.69) is 15.6 Å². The van der Waals surface area contributed by atoms with E-state index in [1.807, 2.05) is 0 Å². The van der Waals surface area contributed by atoms with Gasteiger partial charge in [-0.1, -0.05) is 0 Å². The molecule has 186 valence electrons. The second-order valence-electron chi connectivity index (χ2n) is 9.92. The largest absolute Gasteiger partial charge is 0.444 e. The van der Waals surface area contributed by atoms with Crippen molar-refractivity contribution in [1.82, 2.24) is 15.6 Å². The van der Waals surface area contributed by atoms with Crippen LogP contribution in [0.15, 0.2) is 36.4 Å². The second-order valence-corrected chi connectivity index (χ2v) is 9.92. The first-order valence-electron chi connectivity index (χ1n) is 11.5. The van der Waals surface area contributed by atoms with E-state index in [9.17, 15) is 22.8 Å². The van der Waals surface area contributed by atoms with Gasteiger partial charge in [0, 0.05) is 18.0 Å². The summed E-state index contributed by atoms with van der Waals surface area (Å²) in [5.41, 5.74) is 1.67. The highest BCUT2D eigenvalue weighted by Gasteiger charge is 2.35. The first kappa shape index (κ1) is 24.6. The molecular weight excluding hydrogens is 459 g/mol. The Bertz CT molecular complexity index is 1240. The summed E-state index contributed by atoms with van der Waals surface area (Å²) in [6, 6.07) is 8.01. The van der Waals surface area contributed by atoms with Gasteiger partial charge in [0.05, 0.1) is 17.8 Å². The number of nitrogens with one attached hydrogen (secondary N) is 3. The number of halogens is 3. The summed E-state index contributed by atoms with van der Waals surface area (Å²) in [5, 5.41) is 5.68. The van der Waals surface area contributed by atoms with E-state index in [0.717, 1.165) is 11.6 Å². The maximum absolute atomic E-state index is 14.5. The quantitative estimate of drug-likeness (QED) is 0.436. The zero-order valence-electron chi connectivity index (χ0n) is 19.8. The molecule has 2 aromatic carbocycles. The minimum atomic E-state index is -0.685. The van der Waals surface area contributed by atoms with E-state index in [1.54, 1.807) is 32.9 Å². The van der Waals surface area contributed by atoms with Gasteiger partial charge in [-0.3, -0.25) is 4.79 Å². The van der Waals surface area contributed by atoms with Crippen molar-refractivity contribution in [2.45, 2.75) is 45.1 Å². The Morgan fingerprint density at radius 1 is 1.03 bits per heavy atom. The van der Waals surface area contributed by atoms with Gasteiger partial charge in [-0.05, 0) is 86.9 Å². The van der Waals surface area contributed by atoms with Crippen molar-refractivity contribution in [1.29, 1.82) is 0 Å². The zero-order chi connectivity index (χ0) is 25.3. The average molecular weight is 488 g/mol. The molecule has 1 aliphatic rings. The smallest absolute Gasteiger partial charge is 0.408 e. The highest BCUT2D eigenvalue weighted by Crippen LogP contribution is 2.48. The number of benzene rings is 2. The number of H-pyrrole nitrogens is 1. The molecule has 0 unspecified atom stereocenters. The Hall–Kier alpha value is -3.49. The molecule has 3 N–H and O–H groups in total. The normalized spacial score (nSPS) is 17.7. The van der Waals surface area contributed by atoms with E-state index in [0.29, 0.717) is 36.0 Å². The first-order chi connectivity index (χ1) is 16.5. The van der Waals surface area contributed by atoms with Gasteiger partial charge in [0.15, 0.2) is 0 Å². The fourth-order valence-electron chi connectivity index (χ4n) is 4.43. The lowest BCUT2D eigenvalue weighted by Gasteiger charge is -2.36. The number of hydrogen-bond donors (Lipinski definition) is 3. The van der Waals surface area contributed by atoms with Gasteiger partial charge in [-0.2, -0.15) is 0 Å². The maximum atomic E-state index is 14.5. The zero-order valence-corrected chi connectivity index (χ0v) is 19.8. The molecule has 0 spiro atoms. The molecule has 0 saturated heterocycles. The monoisotopic (exact) mass is 487 g/mol. The summed E-state index contributed by atoms with van der Waals surface area (Å²) in [4.78, 5) is 26.8. The van der Waals surface area contributed by atoms with Gasteiger partial charge in [-0.25, -0.2) is 18.0 Å². The van der Waals surface area contributed by atoms with Crippen LogP contribution in [0.4, 0.5) is 18.0 Å². The van der Waals surface area contributed by atoms with Crippen LogP contribution < -0.4 is 10.6 Å². The van der Waals surface area contributed by atoms with Crippen LogP contribution in [-0.2, 0) is 9.53 Å². The summed E-state index contributed by atoms with van der Waals surface area (Å²) in [5.74, 6) is -1.87. The van der Waals surface area contributed by atoms with E-state index in [4.69, 9.17) is 4.74 Å². The van der Waals surface area contributed by atoms with Crippen LogP contribution in [0.1, 0.15) is 45.1 Å². The van der Waals surface area contributed by atoms with Gasteiger partial charge in [0.2, 0.25) is 5.91 Å². The van der Waals surface area contributed by atoms with Gasteiger partial charge in [0.25, 0.3) is 0 Å². The standard InChI is InChI=1S/C26H28F3N3O3/c1-26(2,3)35-25(34)31-13-21(33)30-12-14-8-16(9-14)22-19-10-18(28)11-20(29)24(19)32-23(22)15-4-6-17(27)7-5-15/h4-7,10-11,14,16,32H,8-9,12-13H2,1-3H3,(H,30,33)(H,31,34). The number of ether oxygens (including phenoxy) is 1. The minimum Gasteiger partial charge on any atom is -0.444 e. The van der Waals surface area contributed by atoms with E-state index < -0.39 is 23.3 Å². The van der Waals surface area contributed by atoms with Gasteiger partial charge < -0.3 is 20.4 Å². The minimum absolute atomic E-state index is 0.0202. The van der Waals surface area contributed by atoms with Crippen LogP contribution in [0, 0.1) is 23.4 Å². The third-order valence-electron chi connectivity index (χ3n) is 6.02. The SMILES string of the molecule is CC(C)(C)OC(=O)NCC(=O)NCC1CC(c2c(-c3ccc(F)cc3)[nH]c3c(F)cc(F)cc23)C1. The summed E-state index contributed by atoms with van der Waals surface area (Å²) < 4.78 is 47.1. The third kappa shape index (κ3) is 5.78. The fraction of sp³-hybridized carbons (Fsp3) is 0.385. The lowest BCUT2D eigenvalue weighted by molar-refractivity contribution is -0.120. The Balaban J connectivity index is 1.41. The van der Waals surface area contributed by atoms with Crippen molar-refractivity contribution in [2.75, 3.05) is 13.1 Å². The highest BCUT2D eigenvalue weighted by molar-refractivity contribution is 5.92. The summed E-state index contributed by atoms with van der Waals surface area (Å²) >= 11 is 0. The average Bonchev–Trinajstić information content (AvgIpc) is 3.10. The molecule has 0 radical (unpaired) electrons. The molecule has 1 aromatic heterocycles. The molecule has 6 nitrogen and oxygen atoms in total. The Labute approximate surface area is 201 Å². The first-order valence-corrected chi connectivity index (χ1v) is 11.5. The van der Waals surface area contributed by atoms with Crippen molar-refractivity contribution in [2.24, 2.45) is 5.92 Å². The molecule has 3 aromatic rings. The van der Waals surface area contributed by atoms with Gasteiger partial charge in [0.1, 0.15) is 23.1 Å². The molecule has 9 heteroatoms. The number of amides is 2. The Kier molecular flexibility index (Phi) is 6.78. The molecule has 1 fully saturated rings. The molecule has 0 atom stereocenters. The number of rotatable bonds is 6. The van der Waals surface area contributed by atoms with Crippen molar-refractivity contribution in [3.05, 3.63) is 59.4 Å². The van der Waals surface area contributed by atoms with E-state index in [1.165, 1.54) is 18.2 Å². The van der Waals surface area contributed by atoms with E-state index >= 15 is 0 Å². The number of fused-ring (bicyclic) bond motifs is 1. The predicted octanol–water partition coefficient (Wildman–Crippen LogP) is 5.39. The van der Waals surface area contributed by atoms with Gasteiger partial charge in [-0.15, -0.1) is 0 Å². The lowest BCUT2D eigenvalue weighted by Crippen LogP contribution is -2.42.